The van der Waals surface area contributed by atoms with Crippen molar-refractivity contribution >= 4 is 28.3 Å². The zero-order valence-electron chi connectivity index (χ0n) is 13.8. The summed E-state index contributed by atoms with van der Waals surface area (Å²) in [6.45, 7) is 9.20. The first-order chi connectivity index (χ1) is 11.3. The maximum Gasteiger partial charge on any atom is 0.162 e. The van der Waals surface area contributed by atoms with Gasteiger partial charge in [0.2, 0.25) is 0 Å². The quantitative estimate of drug-likeness (QED) is 0.814. The Labute approximate surface area is 158 Å². The summed E-state index contributed by atoms with van der Waals surface area (Å²) in [6.07, 6.45) is 1.30. The summed E-state index contributed by atoms with van der Waals surface area (Å²) in [7, 11) is 0. The van der Waals surface area contributed by atoms with E-state index in [0.29, 0.717) is 13.2 Å². The van der Waals surface area contributed by atoms with Crippen molar-refractivity contribution in [2.75, 3.05) is 52.5 Å². The molecule has 7 heteroatoms. The van der Waals surface area contributed by atoms with Crippen molar-refractivity contribution < 1.29 is 9.47 Å². The Bertz CT molecular complexity index is 561. The number of nitrogens with one attached hydrogen (secondary N) is 1. The van der Waals surface area contributed by atoms with Crippen molar-refractivity contribution in [2.24, 2.45) is 0 Å². The van der Waals surface area contributed by atoms with Gasteiger partial charge in [0.1, 0.15) is 13.2 Å². The van der Waals surface area contributed by atoms with E-state index in [-0.39, 0.29) is 12.4 Å². The van der Waals surface area contributed by atoms with Gasteiger partial charge >= 0.3 is 0 Å². The third-order valence-corrected chi connectivity index (χ3v) is 5.80. The highest BCUT2D eigenvalue weighted by atomic mass is 79.9. The van der Waals surface area contributed by atoms with Crippen molar-refractivity contribution in [3.05, 3.63) is 22.2 Å². The lowest BCUT2D eigenvalue weighted by Gasteiger charge is -2.38. The van der Waals surface area contributed by atoms with Gasteiger partial charge in [-0.05, 0) is 30.7 Å². The van der Waals surface area contributed by atoms with Crippen LogP contribution in [0.3, 0.4) is 0 Å². The Morgan fingerprint density at radius 3 is 2.46 bits per heavy atom. The smallest absolute Gasteiger partial charge is 0.162 e. The molecule has 1 aromatic rings. The van der Waals surface area contributed by atoms with Crippen LogP contribution in [0.1, 0.15) is 12.0 Å². The minimum Gasteiger partial charge on any atom is -0.486 e. The minimum absolute atomic E-state index is 0. The first-order valence-electron chi connectivity index (χ1n) is 8.55. The van der Waals surface area contributed by atoms with Crippen LogP contribution in [-0.4, -0.2) is 68.3 Å². The van der Waals surface area contributed by atoms with Crippen molar-refractivity contribution in [2.45, 2.75) is 19.0 Å². The molecule has 1 atom stereocenters. The fourth-order valence-corrected chi connectivity index (χ4v) is 4.15. The Morgan fingerprint density at radius 2 is 1.79 bits per heavy atom. The van der Waals surface area contributed by atoms with Crippen molar-refractivity contribution in [3.8, 4) is 11.5 Å². The number of piperazine rings is 1. The van der Waals surface area contributed by atoms with Crippen LogP contribution >= 0.6 is 28.3 Å². The first-order valence-corrected chi connectivity index (χ1v) is 9.34. The molecule has 3 aliphatic rings. The minimum atomic E-state index is 0. The van der Waals surface area contributed by atoms with Gasteiger partial charge < -0.3 is 14.8 Å². The lowest BCUT2D eigenvalue weighted by molar-refractivity contribution is 0.0978. The van der Waals surface area contributed by atoms with Gasteiger partial charge in [0.05, 0.1) is 0 Å². The number of nitrogens with zero attached hydrogens (tertiary/aromatic N) is 2. The maximum absolute atomic E-state index is 5.71. The Hall–Kier alpha value is -0.530. The molecule has 0 radical (unpaired) electrons. The van der Waals surface area contributed by atoms with Crippen molar-refractivity contribution in [3.63, 3.8) is 0 Å². The van der Waals surface area contributed by atoms with Crippen LogP contribution < -0.4 is 14.8 Å². The Kier molecular flexibility index (Phi) is 6.27. The maximum atomic E-state index is 5.71. The number of hydrogen-bond donors (Lipinski definition) is 1. The second-order valence-electron chi connectivity index (χ2n) is 6.55. The molecule has 134 valence electrons. The van der Waals surface area contributed by atoms with Gasteiger partial charge in [-0.1, -0.05) is 15.9 Å². The molecule has 0 amide bonds. The van der Waals surface area contributed by atoms with Crippen LogP contribution in [0.4, 0.5) is 0 Å². The van der Waals surface area contributed by atoms with Crippen molar-refractivity contribution in [1.82, 2.24) is 15.1 Å². The summed E-state index contributed by atoms with van der Waals surface area (Å²) in [5.74, 6) is 1.73. The van der Waals surface area contributed by atoms with E-state index in [1.54, 1.807) is 0 Å². The largest absolute Gasteiger partial charge is 0.486 e. The van der Waals surface area contributed by atoms with E-state index in [0.717, 1.165) is 48.2 Å². The number of rotatable bonds is 3. The molecule has 1 unspecified atom stereocenters. The Balaban J connectivity index is 0.00000169. The third-order valence-electron chi connectivity index (χ3n) is 5.06. The fourth-order valence-electron chi connectivity index (χ4n) is 3.71. The van der Waals surface area contributed by atoms with Crippen LogP contribution in [0, 0.1) is 0 Å². The molecule has 0 bridgehead atoms. The summed E-state index contributed by atoms with van der Waals surface area (Å²) >= 11 is 3.69. The monoisotopic (exact) mass is 417 g/mol. The SMILES string of the molecule is Brc1cc2c(cc1CN1CCN(C3CCNC3)CC1)OCCO2.Cl. The highest BCUT2D eigenvalue weighted by Gasteiger charge is 2.26. The van der Waals surface area contributed by atoms with E-state index in [4.69, 9.17) is 9.47 Å². The molecule has 2 saturated heterocycles. The predicted molar refractivity (Wildman–Crippen MR) is 101 cm³/mol. The number of fused-ring (bicyclic) bond motifs is 1. The van der Waals surface area contributed by atoms with Gasteiger partial charge in [-0.2, -0.15) is 0 Å². The highest BCUT2D eigenvalue weighted by molar-refractivity contribution is 9.10. The number of ether oxygens (including phenoxy) is 2. The molecule has 1 aromatic carbocycles. The normalized spacial score (nSPS) is 24.6. The number of benzene rings is 1. The average molecular weight is 419 g/mol. The average Bonchev–Trinajstić information content (AvgIpc) is 3.11. The molecule has 0 saturated carbocycles. The Morgan fingerprint density at radius 1 is 1.08 bits per heavy atom. The van der Waals surface area contributed by atoms with Gasteiger partial charge in [-0.25, -0.2) is 0 Å². The third kappa shape index (κ3) is 3.99. The topological polar surface area (TPSA) is 37.0 Å². The van der Waals surface area contributed by atoms with E-state index in [9.17, 15) is 0 Å². The molecule has 3 aliphatic heterocycles. The van der Waals surface area contributed by atoms with E-state index in [1.807, 2.05) is 6.07 Å². The summed E-state index contributed by atoms with van der Waals surface area (Å²) in [4.78, 5) is 5.18. The van der Waals surface area contributed by atoms with Gasteiger partial charge in [0, 0.05) is 49.8 Å². The van der Waals surface area contributed by atoms with E-state index in [1.165, 1.54) is 31.6 Å². The molecular weight excluding hydrogens is 394 g/mol. The molecule has 0 aliphatic carbocycles. The van der Waals surface area contributed by atoms with Crippen LogP contribution in [0.5, 0.6) is 11.5 Å². The lowest BCUT2D eigenvalue weighted by Crippen LogP contribution is -2.50. The molecule has 0 spiro atoms. The van der Waals surface area contributed by atoms with Gasteiger partial charge in [0.25, 0.3) is 0 Å². The fraction of sp³-hybridized carbons (Fsp3) is 0.647. The molecule has 4 rings (SSSR count). The zero-order chi connectivity index (χ0) is 15.6. The highest BCUT2D eigenvalue weighted by Crippen LogP contribution is 2.36. The zero-order valence-corrected chi connectivity index (χ0v) is 16.2. The molecule has 24 heavy (non-hydrogen) atoms. The van der Waals surface area contributed by atoms with Crippen LogP contribution in [0.15, 0.2) is 16.6 Å². The van der Waals surface area contributed by atoms with Crippen LogP contribution in [0.25, 0.3) is 0 Å². The second kappa shape index (κ2) is 8.23. The molecule has 0 aromatic heterocycles. The lowest BCUT2D eigenvalue weighted by atomic mass is 10.1. The van der Waals surface area contributed by atoms with E-state index in [2.05, 4.69) is 37.1 Å². The van der Waals surface area contributed by atoms with Gasteiger partial charge in [0.15, 0.2) is 11.5 Å². The molecule has 2 fully saturated rings. The first kappa shape index (κ1) is 18.3. The number of hydrogen-bond acceptors (Lipinski definition) is 5. The predicted octanol–water partition coefficient (Wildman–Crippen LogP) is 2.12. The second-order valence-corrected chi connectivity index (χ2v) is 7.40. The molecule has 1 N–H and O–H groups in total. The standard InChI is InChI=1S/C17H24BrN3O2.ClH/c18-15-10-17-16(22-7-8-23-17)9-13(15)12-20-3-5-21(6-4-20)14-1-2-19-11-14;/h9-10,14,19H,1-8,11-12H2;1H. The van der Waals surface area contributed by atoms with Gasteiger partial charge in [-0.15, -0.1) is 12.4 Å². The van der Waals surface area contributed by atoms with E-state index >= 15 is 0 Å². The van der Waals surface area contributed by atoms with Crippen molar-refractivity contribution in [1.29, 1.82) is 0 Å². The molecule has 3 heterocycles. The summed E-state index contributed by atoms with van der Waals surface area (Å²) in [6, 6.07) is 4.93. The van der Waals surface area contributed by atoms with E-state index < -0.39 is 0 Å². The van der Waals surface area contributed by atoms with Crippen LogP contribution in [-0.2, 0) is 6.54 Å². The number of halogens is 2. The van der Waals surface area contributed by atoms with Crippen LogP contribution in [0.2, 0.25) is 0 Å². The molecule has 5 nitrogen and oxygen atoms in total. The molecular formula is C17H25BrClN3O2. The summed E-state index contributed by atoms with van der Waals surface area (Å²) < 4.78 is 12.5. The summed E-state index contributed by atoms with van der Waals surface area (Å²) in [5.41, 5.74) is 1.28. The summed E-state index contributed by atoms with van der Waals surface area (Å²) in [5, 5.41) is 3.47. The van der Waals surface area contributed by atoms with Gasteiger partial charge in [-0.3, -0.25) is 9.80 Å².